The van der Waals surface area contributed by atoms with Crippen molar-refractivity contribution < 1.29 is 45.4 Å². The van der Waals surface area contributed by atoms with Crippen LogP contribution in [0.2, 0.25) is 0 Å². The number of hydrogen-bond donors (Lipinski definition) is 2. The van der Waals surface area contributed by atoms with Crippen molar-refractivity contribution in [2.75, 3.05) is 19.8 Å². The minimum Gasteiger partial charge on any atom is -0.488 e. The van der Waals surface area contributed by atoms with Gasteiger partial charge in [0.15, 0.2) is 21.0 Å². The number of alkyl halides is 2. The molecule has 0 aliphatic carbocycles. The topological polar surface area (TPSA) is 157 Å². The zero-order chi connectivity index (χ0) is 42.3. The van der Waals surface area contributed by atoms with E-state index >= 15 is 0 Å². The van der Waals surface area contributed by atoms with E-state index < -0.39 is 28.5 Å². The van der Waals surface area contributed by atoms with Crippen LogP contribution in [0.4, 0.5) is 8.78 Å². The Balaban J connectivity index is 1.10. The Hall–Kier alpha value is -6.16. The van der Waals surface area contributed by atoms with E-state index in [1.54, 1.807) is 35.2 Å². The number of hydrogen-bond acceptors (Lipinski definition) is 11. The Labute approximate surface area is 344 Å². The first-order valence-electron chi connectivity index (χ1n) is 19.3. The van der Waals surface area contributed by atoms with Crippen LogP contribution < -0.4 is 14.8 Å². The van der Waals surface area contributed by atoms with Crippen molar-refractivity contribution in [1.82, 2.24) is 20.2 Å². The Kier molecular flexibility index (Phi) is 11.2. The van der Waals surface area contributed by atoms with Crippen molar-refractivity contribution in [1.29, 1.82) is 0 Å². The Morgan fingerprint density at radius 3 is 2.03 bits per heavy atom. The number of ether oxygens (including phenoxy) is 2. The van der Waals surface area contributed by atoms with Gasteiger partial charge in [-0.3, -0.25) is 9.69 Å². The first-order valence-corrected chi connectivity index (χ1v) is 21.2. The van der Waals surface area contributed by atoms with Gasteiger partial charge in [0.25, 0.3) is 0 Å². The van der Waals surface area contributed by atoms with Gasteiger partial charge in [-0.05, 0) is 104 Å². The molecule has 15 heteroatoms. The van der Waals surface area contributed by atoms with E-state index in [0.29, 0.717) is 76.8 Å². The average molecular weight is 837 g/mol. The maximum atomic E-state index is 13.5. The van der Waals surface area contributed by atoms with E-state index in [1.807, 2.05) is 69.4 Å². The zero-order valence-electron chi connectivity index (χ0n) is 33.3. The van der Waals surface area contributed by atoms with Crippen molar-refractivity contribution in [3.63, 3.8) is 0 Å². The lowest BCUT2D eigenvalue weighted by Crippen LogP contribution is -2.35. The zero-order valence-corrected chi connectivity index (χ0v) is 34.1. The van der Waals surface area contributed by atoms with Gasteiger partial charge in [-0.25, -0.2) is 18.4 Å². The Morgan fingerprint density at radius 1 is 0.867 bits per heavy atom. The molecule has 8 rings (SSSR count). The molecule has 1 fully saturated rings. The molecule has 1 aliphatic heterocycles. The number of rotatable bonds is 14. The summed E-state index contributed by atoms with van der Waals surface area (Å²) in [5.74, 6) is 0.250. The third-order valence-electron chi connectivity index (χ3n) is 10.9. The molecule has 60 heavy (non-hydrogen) atoms. The van der Waals surface area contributed by atoms with Gasteiger partial charge in [0.05, 0.1) is 4.90 Å². The highest BCUT2D eigenvalue weighted by Gasteiger charge is 2.31. The monoisotopic (exact) mass is 836 g/mol. The number of aromatic nitrogens is 2. The second-order valence-electron chi connectivity index (χ2n) is 14.9. The number of nitrogens with one attached hydrogen (secondary N) is 1. The molecule has 5 aromatic carbocycles. The number of oxazole rings is 2. The molecule has 0 unspecified atom stereocenters. The summed E-state index contributed by atoms with van der Waals surface area (Å²) in [6.45, 7) is 2.15. The fourth-order valence-electron chi connectivity index (χ4n) is 7.88. The quantitative estimate of drug-likeness (QED) is 0.107. The van der Waals surface area contributed by atoms with Gasteiger partial charge in [0.2, 0.25) is 11.8 Å². The fraction of sp³-hybridized carbons (Fsp3) is 0.267. The van der Waals surface area contributed by atoms with E-state index in [2.05, 4.69) is 5.32 Å². The number of sulfone groups is 1. The van der Waals surface area contributed by atoms with Gasteiger partial charge in [-0.2, -0.15) is 8.78 Å². The highest BCUT2D eigenvalue weighted by molar-refractivity contribution is 7.90. The van der Waals surface area contributed by atoms with Crippen molar-refractivity contribution in [3.8, 4) is 45.5 Å². The van der Waals surface area contributed by atoms with Crippen LogP contribution in [0.25, 0.3) is 56.2 Å². The summed E-state index contributed by atoms with van der Waals surface area (Å²) in [4.78, 5) is 23.4. The first-order chi connectivity index (χ1) is 28.8. The minimum atomic E-state index is -3.37. The lowest BCUT2D eigenvalue weighted by atomic mass is 9.91. The molecule has 0 spiro atoms. The number of aliphatic carboxylic acids is 1. The van der Waals surface area contributed by atoms with Gasteiger partial charge in [0.1, 0.15) is 35.2 Å². The van der Waals surface area contributed by atoms with Gasteiger partial charge in [-0.1, -0.05) is 36.4 Å². The molecule has 1 atom stereocenters. The van der Waals surface area contributed by atoms with Gasteiger partial charge >= 0.3 is 12.6 Å². The number of halogens is 2. The van der Waals surface area contributed by atoms with Gasteiger partial charge in [-0.15, -0.1) is 0 Å². The number of carboxylic acids is 1. The summed E-state index contributed by atoms with van der Waals surface area (Å²) >= 11 is 0. The molecule has 3 heterocycles. The van der Waals surface area contributed by atoms with Gasteiger partial charge < -0.3 is 28.7 Å². The molecular weight excluding hydrogens is 795 g/mol. The summed E-state index contributed by atoms with van der Waals surface area (Å²) < 4.78 is 75.0. The summed E-state index contributed by atoms with van der Waals surface area (Å²) in [7, 11) is -1.54. The largest absolute Gasteiger partial charge is 0.488 e. The normalized spacial score (nSPS) is 14.8. The molecule has 0 radical (unpaired) electrons. The molecule has 310 valence electrons. The van der Waals surface area contributed by atoms with Gasteiger partial charge in [0, 0.05) is 53.7 Å². The Morgan fingerprint density at radius 2 is 1.45 bits per heavy atom. The summed E-state index contributed by atoms with van der Waals surface area (Å²) in [6.07, 6.45) is 2.34. The molecule has 0 amide bonds. The summed E-state index contributed by atoms with van der Waals surface area (Å²) in [5, 5.41) is 12.9. The third-order valence-corrected chi connectivity index (χ3v) is 12.0. The maximum absolute atomic E-state index is 13.5. The summed E-state index contributed by atoms with van der Waals surface area (Å²) in [5.41, 5.74) is 8.92. The predicted molar refractivity (Wildman–Crippen MR) is 222 cm³/mol. The standard InChI is InChI=1S/C45H42F2N4O8S/c1-25-31(11-6-13-33(25)42-49-35-18-28(22-48-3)38(20-40(35)57-42)56-24-27-9-5-10-30(17-27)60(4,54)55)32-12-7-14-34(26(32)2)43-50-36-19-29(23-51-16-8-15-37(51)44(52)53)39(59-45(46)47)21-41(36)58-43/h5-7,9-14,17-21,37,45,48H,8,15-16,22-24H2,1-4H3,(H,52,53)/t37-/m0/s1. The smallest absolute Gasteiger partial charge is 0.387 e. The SMILES string of the molecule is CNCc1cc2nc(-c3cccc(-c4cccc(-c5nc6cc(CN7CCC[C@H]7C(=O)O)c(OC(F)F)cc6o5)c4C)c3C)oc2cc1OCc1cccc(S(C)(=O)=O)c1. The second-order valence-corrected chi connectivity index (χ2v) is 16.9. The van der Waals surface area contributed by atoms with Crippen molar-refractivity contribution >= 4 is 38.0 Å². The van der Waals surface area contributed by atoms with Crippen LogP contribution in [0.15, 0.2) is 98.7 Å². The fourth-order valence-corrected chi connectivity index (χ4v) is 8.57. The molecule has 12 nitrogen and oxygen atoms in total. The number of likely N-dealkylation sites (tertiary alicyclic amines) is 1. The maximum Gasteiger partial charge on any atom is 0.387 e. The minimum absolute atomic E-state index is 0.0902. The number of carbonyl (C=O) groups is 1. The van der Waals surface area contributed by atoms with E-state index in [0.717, 1.165) is 33.4 Å². The number of fused-ring (bicyclic) bond motifs is 2. The Bertz CT molecular complexity index is 2870. The van der Waals surface area contributed by atoms with E-state index in [9.17, 15) is 27.1 Å². The number of benzene rings is 5. The lowest BCUT2D eigenvalue weighted by Gasteiger charge is -2.22. The third kappa shape index (κ3) is 8.20. The average Bonchev–Trinajstić information content (AvgIpc) is 3.96. The summed E-state index contributed by atoms with van der Waals surface area (Å²) in [6, 6.07) is 24.4. The number of carboxylic acid groups (broad SMARTS) is 1. The number of nitrogens with zero attached hydrogens (tertiary/aromatic N) is 3. The molecule has 2 aromatic heterocycles. The van der Waals surface area contributed by atoms with E-state index in [-0.39, 0.29) is 29.4 Å². The molecule has 1 saturated heterocycles. The van der Waals surface area contributed by atoms with Crippen LogP contribution in [-0.4, -0.2) is 66.9 Å². The van der Waals surface area contributed by atoms with Crippen LogP contribution in [-0.2, 0) is 34.3 Å². The van der Waals surface area contributed by atoms with Crippen LogP contribution in [0.3, 0.4) is 0 Å². The van der Waals surface area contributed by atoms with Crippen LogP contribution >= 0.6 is 0 Å². The molecule has 0 bridgehead atoms. The second kappa shape index (κ2) is 16.5. The lowest BCUT2D eigenvalue weighted by molar-refractivity contribution is -0.142. The highest BCUT2D eigenvalue weighted by Crippen LogP contribution is 2.40. The van der Waals surface area contributed by atoms with E-state index in [1.165, 1.54) is 12.3 Å². The molecule has 1 aliphatic rings. The first kappa shape index (κ1) is 40.6. The van der Waals surface area contributed by atoms with E-state index in [4.69, 9.17) is 28.3 Å². The van der Waals surface area contributed by atoms with Crippen LogP contribution in [0, 0.1) is 13.8 Å². The van der Waals surface area contributed by atoms with Crippen LogP contribution in [0.5, 0.6) is 11.5 Å². The molecule has 2 N–H and O–H groups in total. The molecular formula is C45H42F2N4O8S. The molecule has 0 saturated carbocycles. The van der Waals surface area contributed by atoms with Crippen LogP contribution in [0.1, 0.15) is 40.7 Å². The van der Waals surface area contributed by atoms with Crippen molar-refractivity contribution in [3.05, 3.63) is 113 Å². The van der Waals surface area contributed by atoms with Crippen molar-refractivity contribution in [2.24, 2.45) is 0 Å². The van der Waals surface area contributed by atoms with Crippen molar-refractivity contribution in [2.45, 2.75) is 63.9 Å². The highest BCUT2D eigenvalue weighted by atomic mass is 32.2. The predicted octanol–water partition coefficient (Wildman–Crippen LogP) is 8.94. The molecule has 7 aromatic rings.